The number of hydrogen-bond acceptors (Lipinski definition) is 3. The maximum atomic E-state index is 12.0. The van der Waals surface area contributed by atoms with Crippen LogP contribution in [-0.4, -0.2) is 48.4 Å². The normalized spacial score (nSPS) is 14.5. The maximum Gasteiger partial charge on any atom is 0.322 e. The van der Waals surface area contributed by atoms with Crippen molar-refractivity contribution in [2.45, 2.75) is 19.9 Å². The molecule has 0 unspecified atom stereocenters. The zero-order valence-electron chi connectivity index (χ0n) is 12.7. The Balaban J connectivity index is 1.94. The van der Waals surface area contributed by atoms with Crippen molar-refractivity contribution in [1.82, 2.24) is 15.5 Å². The Morgan fingerprint density at radius 2 is 1.91 bits per heavy atom. The molecule has 4 amide bonds. The average Bonchev–Trinajstić information content (AvgIpc) is 2.47. The van der Waals surface area contributed by atoms with Crippen LogP contribution in [0, 0.1) is 0 Å². The summed E-state index contributed by atoms with van der Waals surface area (Å²) >= 11 is 0. The van der Waals surface area contributed by atoms with Gasteiger partial charge in [0.1, 0.15) is 6.54 Å². The second-order valence-corrected chi connectivity index (χ2v) is 5.41. The average molecular weight is 304 g/mol. The molecule has 1 aromatic rings. The summed E-state index contributed by atoms with van der Waals surface area (Å²) in [6.45, 7) is 4.77. The third-order valence-electron chi connectivity index (χ3n) is 3.14. The molecule has 22 heavy (non-hydrogen) atoms. The molecule has 1 aromatic carbocycles. The minimum absolute atomic E-state index is 0.0563. The molecule has 0 radical (unpaired) electrons. The van der Waals surface area contributed by atoms with Crippen LogP contribution in [0.4, 0.5) is 10.5 Å². The summed E-state index contributed by atoms with van der Waals surface area (Å²) in [5.41, 5.74) is 1.11. The summed E-state index contributed by atoms with van der Waals surface area (Å²) in [5.74, 6) is -0.317. The molecular weight excluding hydrogens is 284 g/mol. The van der Waals surface area contributed by atoms with E-state index < -0.39 is 0 Å². The van der Waals surface area contributed by atoms with Crippen LogP contribution in [0.3, 0.4) is 0 Å². The first-order chi connectivity index (χ1) is 10.5. The highest BCUT2D eigenvalue weighted by atomic mass is 16.2. The minimum Gasteiger partial charge on any atom is -0.353 e. The van der Waals surface area contributed by atoms with Gasteiger partial charge in [-0.15, -0.1) is 0 Å². The molecule has 1 aliphatic rings. The number of piperazine rings is 1. The quantitative estimate of drug-likeness (QED) is 0.771. The zero-order valence-corrected chi connectivity index (χ0v) is 12.7. The summed E-state index contributed by atoms with van der Waals surface area (Å²) < 4.78 is 0. The number of carbonyl (C=O) groups is 3. The van der Waals surface area contributed by atoms with Gasteiger partial charge in [0.2, 0.25) is 5.91 Å². The lowest BCUT2D eigenvalue weighted by atomic mass is 10.2. The number of anilines is 1. The van der Waals surface area contributed by atoms with E-state index in [0.717, 1.165) is 0 Å². The van der Waals surface area contributed by atoms with Crippen LogP contribution in [-0.2, 0) is 4.79 Å². The molecule has 0 bridgehead atoms. The smallest absolute Gasteiger partial charge is 0.322 e. The van der Waals surface area contributed by atoms with E-state index in [0.29, 0.717) is 24.3 Å². The molecule has 2 rings (SSSR count). The van der Waals surface area contributed by atoms with Crippen molar-refractivity contribution in [3.05, 3.63) is 29.8 Å². The number of urea groups is 1. The van der Waals surface area contributed by atoms with Gasteiger partial charge in [0.25, 0.3) is 5.91 Å². The fourth-order valence-corrected chi connectivity index (χ4v) is 2.06. The van der Waals surface area contributed by atoms with Gasteiger partial charge in [-0.3, -0.25) is 9.59 Å². The Morgan fingerprint density at radius 3 is 2.50 bits per heavy atom. The van der Waals surface area contributed by atoms with E-state index in [2.05, 4.69) is 16.0 Å². The minimum atomic E-state index is -0.325. The summed E-state index contributed by atoms with van der Waals surface area (Å²) in [4.78, 5) is 36.6. The van der Waals surface area contributed by atoms with Gasteiger partial charge in [-0.2, -0.15) is 0 Å². The Labute approximate surface area is 129 Å². The van der Waals surface area contributed by atoms with Crippen molar-refractivity contribution in [3.8, 4) is 0 Å². The Morgan fingerprint density at radius 1 is 1.23 bits per heavy atom. The molecule has 0 aliphatic carbocycles. The van der Waals surface area contributed by atoms with E-state index in [1.165, 1.54) is 4.90 Å². The second-order valence-electron chi connectivity index (χ2n) is 5.41. The van der Waals surface area contributed by atoms with Crippen LogP contribution in [0.5, 0.6) is 0 Å². The first-order valence-electron chi connectivity index (χ1n) is 7.19. The van der Waals surface area contributed by atoms with Gasteiger partial charge in [-0.05, 0) is 38.1 Å². The van der Waals surface area contributed by atoms with Crippen molar-refractivity contribution in [1.29, 1.82) is 0 Å². The summed E-state index contributed by atoms with van der Waals surface area (Å²) in [6, 6.07) is 6.37. The number of carbonyl (C=O) groups excluding carboxylic acids is 3. The summed E-state index contributed by atoms with van der Waals surface area (Å²) in [5, 5.41) is 8.17. The van der Waals surface area contributed by atoms with Crippen LogP contribution in [0.25, 0.3) is 0 Å². The van der Waals surface area contributed by atoms with Crippen molar-refractivity contribution in [3.63, 3.8) is 0 Å². The molecule has 0 saturated carbocycles. The topological polar surface area (TPSA) is 90.5 Å². The molecule has 0 aromatic heterocycles. The van der Waals surface area contributed by atoms with Gasteiger partial charge in [0, 0.05) is 30.4 Å². The Bertz CT molecular complexity index is 569. The molecule has 1 fully saturated rings. The van der Waals surface area contributed by atoms with Crippen LogP contribution < -0.4 is 16.0 Å². The van der Waals surface area contributed by atoms with Gasteiger partial charge in [-0.25, -0.2) is 4.79 Å². The summed E-state index contributed by atoms with van der Waals surface area (Å²) in [7, 11) is 0. The van der Waals surface area contributed by atoms with E-state index in [9.17, 15) is 14.4 Å². The second kappa shape index (κ2) is 6.93. The van der Waals surface area contributed by atoms with Crippen LogP contribution in [0.1, 0.15) is 24.2 Å². The number of amides is 4. The standard InChI is InChI=1S/C15H20N4O3/c1-10(2)17-14(21)11-3-5-12(6-4-11)18-15(22)19-8-7-16-13(20)9-19/h3-6,10H,7-9H2,1-2H3,(H,16,20)(H,17,21)(H,18,22). The third-order valence-corrected chi connectivity index (χ3v) is 3.14. The summed E-state index contributed by atoms with van der Waals surface area (Å²) in [6.07, 6.45) is 0. The fraction of sp³-hybridized carbons (Fsp3) is 0.400. The fourth-order valence-electron chi connectivity index (χ4n) is 2.06. The first-order valence-corrected chi connectivity index (χ1v) is 7.19. The van der Waals surface area contributed by atoms with E-state index in [4.69, 9.17) is 0 Å². The van der Waals surface area contributed by atoms with Gasteiger partial charge < -0.3 is 20.9 Å². The molecular formula is C15H20N4O3. The molecule has 1 aliphatic heterocycles. The van der Waals surface area contributed by atoms with Gasteiger partial charge in [0.05, 0.1) is 0 Å². The number of hydrogen-bond donors (Lipinski definition) is 3. The van der Waals surface area contributed by atoms with Crippen LogP contribution in [0.15, 0.2) is 24.3 Å². The van der Waals surface area contributed by atoms with Gasteiger partial charge in [-0.1, -0.05) is 0 Å². The molecule has 118 valence electrons. The molecule has 0 atom stereocenters. The number of benzene rings is 1. The highest BCUT2D eigenvalue weighted by molar-refractivity contribution is 5.96. The maximum absolute atomic E-state index is 12.0. The van der Waals surface area contributed by atoms with E-state index >= 15 is 0 Å². The lowest BCUT2D eigenvalue weighted by molar-refractivity contribution is -0.123. The monoisotopic (exact) mass is 304 g/mol. The van der Waals surface area contributed by atoms with Gasteiger partial charge in [0.15, 0.2) is 0 Å². The molecule has 7 heteroatoms. The van der Waals surface area contributed by atoms with E-state index in [1.807, 2.05) is 13.8 Å². The Hall–Kier alpha value is -2.57. The van der Waals surface area contributed by atoms with Crippen LogP contribution >= 0.6 is 0 Å². The predicted molar refractivity (Wildman–Crippen MR) is 82.6 cm³/mol. The molecule has 1 saturated heterocycles. The van der Waals surface area contributed by atoms with Crippen molar-refractivity contribution in [2.24, 2.45) is 0 Å². The first kappa shape index (κ1) is 15.8. The number of nitrogens with one attached hydrogen (secondary N) is 3. The molecule has 1 heterocycles. The highest BCUT2D eigenvalue weighted by Gasteiger charge is 2.21. The SMILES string of the molecule is CC(C)NC(=O)c1ccc(NC(=O)N2CCNC(=O)C2)cc1. The van der Waals surface area contributed by atoms with Crippen molar-refractivity contribution >= 4 is 23.5 Å². The molecule has 3 N–H and O–H groups in total. The van der Waals surface area contributed by atoms with E-state index in [1.54, 1.807) is 24.3 Å². The lowest BCUT2D eigenvalue weighted by Crippen LogP contribution is -2.51. The predicted octanol–water partition coefficient (Wildman–Crippen LogP) is 0.789. The van der Waals surface area contributed by atoms with Gasteiger partial charge >= 0.3 is 6.03 Å². The van der Waals surface area contributed by atoms with E-state index in [-0.39, 0.29) is 30.4 Å². The lowest BCUT2D eigenvalue weighted by Gasteiger charge is -2.26. The number of nitrogens with zero attached hydrogens (tertiary/aromatic N) is 1. The van der Waals surface area contributed by atoms with Crippen LogP contribution in [0.2, 0.25) is 0 Å². The van der Waals surface area contributed by atoms with Crippen molar-refractivity contribution in [2.75, 3.05) is 25.0 Å². The molecule has 7 nitrogen and oxygen atoms in total. The number of rotatable bonds is 3. The largest absolute Gasteiger partial charge is 0.353 e. The third kappa shape index (κ3) is 4.21. The Kier molecular flexibility index (Phi) is 4.98. The molecule has 0 spiro atoms. The van der Waals surface area contributed by atoms with Crippen molar-refractivity contribution < 1.29 is 14.4 Å². The highest BCUT2D eigenvalue weighted by Crippen LogP contribution is 2.11. The zero-order chi connectivity index (χ0) is 16.1.